The predicted octanol–water partition coefficient (Wildman–Crippen LogP) is 1.44. The van der Waals surface area contributed by atoms with Crippen molar-refractivity contribution in [2.45, 2.75) is 29.9 Å². The first-order chi connectivity index (χ1) is 9.10. The summed E-state index contributed by atoms with van der Waals surface area (Å²) >= 11 is 0. The van der Waals surface area contributed by atoms with Crippen LogP contribution >= 0.6 is 0 Å². The molecule has 0 radical (unpaired) electrons. The van der Waals surface area contributed by atoms with Crippen molar-refractivity contribution in [3.8, 4) is 5.75 Å². The van der Waals surface area contributed by atoms with Crippen LogP contribution < -0.4 is 4.74 Å². The molecule has 1 fully saturated rings. The van der Waals surface area contributed by atoms with Crippen LogP contribution in [0.15, 0.2) is 29.2 Å². The third kappa shape index (κ3) is 3.54. The summed E-state index contributed by atoms with van der Waals surface area (Å²) in [6.45, 7) is 0. The lowest BCUT2D eigenvalue weighted by molar-refractivity contribution is -0.148. The normalized spacial score (nSPS) is 24.1. The first-order valence-corrected chi connectivity index (χ1v) is 7.32. The van der Waals surface area contributed by atoms with Crippen molar-refractivity contribution in [3.05, 3.63) is 24.3 Å². The van der Waals surface area contributed by atoms with Crippen molar-refractivity contribution in [1.82, 2.24) is 0 Å². The molecule has 3 unspecified atom stereocenters. The zero-order chi connectivity index (χ0) is 13.8. The van der Waals surface area contributed by atoms with E-state index in [1.807, 2.05) is 0 Å². The Labute approximate surface area is 114 Å². The van der Waals surface area contributed by atoms with Gasteiger partial charge in [0.1, 0.15) is 5.75 Å². The summed E-state index contributed by atoms with van der Waals surface area (Å²) < 4.78 is 22.5. The van der Waals surface area contributed by atoms with Gasteiger partial charge in [0.15, 0.2) is 6.10 Å². The van der Waals surface area contributed by atoms with Crippen molar-refractivity contribution in [2.75, 3.05) is 12.9 Å². The molecule has 0 amide bonds. The maximum atomic E-state index is 12.1. The maximum absolute atomic E-state index is 12.1. The van der Waals surface area contributed by atoms with Crippen molar-refractivity contribution in [1.29, 1.82) is 0 Å². The molecule has 1 N–H and O–H groups in total. The Hall–Kier alpha value is -1.40. The van der Waals surface area contributed by atoms with E-state index in [4.69, 9.17) is 14.6 Å². The molecule has 1 aliphatic rings. The van der Waals surface area contributed by atoms with E-state index in [0.717, 1.165) is 0 Å². The molecule has 0 saturated carbocycles. The fourth-order valence-electron chi connectivity index (χ4n) is 2.00. The number of benzene rings is 1. The number of ether oxygens (including phenoxy) is 2. The molecule has 0 aliphatic carbocycles. The summed E-state index contributed by atoms with van der Waals surface area (Å²) in [5.74, 6) is 0.0948. The van der Waals surface area contributed by atoms with Gasteiger partial charge in [-0.05, 0) is 37.1 Å². The van der Waals surface area contributed by atoms with Gasteiger partial charge < -0.3 is 14.6 Å². The summed E-state index contributed by atoms with van der Waals surface area (Å²) in [6, 6.07) is 7.00. The molecule has 19 heavy (non-hydrogen) atoms. The Morgan fingerprint density at radius 3 is 2.63 bits per heavy atom. The zero-order valence-corrected chi connectivity index (χ0v) is 11.4. The van der Waals surface area contributed by atoms with Gasteiger partial charge in [0.05, 0.1) is 29.8 Å². The molecule has 2 rings (SSSR count). The van der Waals surface area contributed by atoms with E-state index >= 15 is 0 Å². The number of rotatable bonds is 5. The topological polar surface area (TPSA) is 72.8 Å². The van der Waals surface area contributed by atoms with Crippen LogP contribution in [0.3, 0.4) is 0 Å². The predicted molar refractivity (Wildman–Crippen MR) is 69.8 cm³/mol. The van der Waals surface area contributed by atoms with Crippen LogP contribution in [0.5, 0.6) is 5.75 Å². The minimum atomic E-state index is -1.19. The van der Waals surface area contributed by atoms with Crippen LogP contribution in [0.25, 0.3) is 0 Å². The number of hydrogen-bond acceptors (Lipinski definition) is 4. The molecule has 0 bridgehead atoms. The van der Waals surface area contributed by atoms with Crippen molar-refractivity contribution >= 4 is 16.8 Å². The van der Waals surface area contributed by atoms with E-state index in [1.54, 1.807) is 31.4 Å². The quantitative estimate of drug-likeness (QED) is 0.885. The lowest BCUT2D eigenvalue weighted by Gasteiger charge is -2.11. The second-order valence-corrected chi connectivity index (χ2v) is 5.85. The summed E-state index contributed by atoms with van der Waals surface area (Å²) in [5, 5.41) is 8.83. The molecule has 1 aromatic rings. The number of carboxylic acids is 1. The SMILES string of the molecule is COc1ccc(S(=O)CC2CCC(C(=O)O)O2)cc1. The molecular formula is C13H16O5S. The van der Waals surface area contributed by atoms with E-state index < -0.39 is 22.9 Å². The Morgan fingerprint density at radius 1 is 1.42 bits per heavy atom. The highest BCUT2D eigenvalue weighted by atomic mass is 32.2. The Balaban J connectivity index is 1.92. The number of carbonyl (C=O) groups is 1. The molecule has 1 heterocycles. The van der Waals surface area contributed by atoms with E-state index in [2.05, 4.69) is 0 Å². The van der Waals surface area contributed by atoms with Gasteiger partial charge in [-0.25, -0.2) is 4.79 Å². The fourth-order valence-corrected chi connectivity index (χ4v) is 3.22. The first-order valence-electron chi connectivity index (χ1n) is 6.01. The van der Waals surface area contributed by atoms with Crippen LogP contribution in [0.1, 0.15) is 12.8 Å². The summed E-state index contributed by atoms with van der Waals surface area (Å²) in [5.41, 5.74) is 0. The number of aliphatic carboxylic acids is 1. The van der Waals surface area contributed by atoms with Crippen molar-refractivity contribution < 1.29 is 23.6 Å². The highest BCUT2D eigenvalue weighted by Crippen LogP contribution is 2.22. The molecule has 104 valence electrons. The summed E-state index contributed by atoms with van der Waals surface area (Å²) in [4.78, 5) is 11.5. The lowest BCUT2D eigenvalue weighted by atomic mass is 10.2. The van der Waals surface area contributed by atoms with Crippen molar-refractivity contribution in [2.24, 2.45) is 0 Å². The third-order valence-corrected chi connectivity index (χ3v) is 4.52. The number of hydrogen-bond donors (Lipinski definition) is 1. The lowest BCUT2D eigenvalue weighted by Crippen LogP contribution is -2.23. The minimum Gasteiger partial charge on any atom is -0.497 e. The number of carboxylic acid groups (broad SMARTS) is 1. The molecule has 1 aliphatic heterocycles. The van der Waals surface area contributed by atoms with Crippen LogP contribution in [0, 0.1) is 0 Å². The molecule has 3 atom stereocenters. The Bertz CT molecular complexity index is 470. The fraction of sp³-hybridized carbons (Fsp3) is 0.462. The Morgan fingerprint density at radius 2 is 2.11 bits per heavy atom. The maximum Gasteiger partial charge on any atom is 0.332 e. The molecule has 1 saturated heterocycles. The van der Waals surface area contributed by atoms with Gasteiger partial charge in [-0.1, -0.05) is 0 Å². The highest BCUT2D eigenvalue weighted by Gasteiger charge is 2.31. The second-order valence-electron chi connectivity index (χ2n) is 4.35. The van der Waals surface area contributed by atoms with Gasteiger partial charge in [-0.2, -0.15) is 0 Å². The molecule has 6 heteroatoms. The van der Waals surface area contributed by atoms with Gasteiger partial charge in [-0.3, -0.25) is 4.21 Å². The highest BCUT2D eigenvalue weighted by molar-refractivity contribution is 7.85. The summed E-state index contributed by atoms with van der Waals surface area (Å²) in [7, 11) is 0.389. The van der Waals surface area contributed by atoms with Gasteiger partial charge >= 0.3 is 5.97 Å². The van der Waals surface area contributed by atoms with Gasteiger partial charge in [0.25, 0.3) is 0 Å². The standard InChI is InChI=1S/C13H16O5S/c1-17-9-2-5-11(6-3-9)19(16)8-10-4-7-12(18-10)13(14)15/h2-3,5-6,10,12H,4,7-8H2,1H3,(H,14,15). The third-order valence-electron chi connectivity index (χ3n) is 3.04. The van der Waals surface area contributed by atoms with Crippen LogP contribution in [-0.4, -0.2) is 40.4 Å². The van der Waals surface area contributed by atoms with E-state index in [1.165, 1.54) is 0 Å². The molecular weight excluding hydrogens is 268 g/mol. The smallest absolute Gasteiger partial charge is 0.332 e. The molecule has 0 aromatic heterocycles. The van der Waals surface area contributed by atoms with Crippen LogP contribution in [-0.2, 0) is 20.3 Å². The Kier molecular flexibility index (Phi) is 4.55. The van der Waals surface area contributed by atoms with Crippen LogP contribution in [0.4, 0.5) is 0 Å². The zero-order valence-electron chi connectivity index (χ0n) is 10.6. The second kappa shape index (κ2) is 6.16. The number of methoxy groups -OCH3 is 1. The molecule has 0 spiro atoms. The van der Waals surface area contributed by atoms with Crippen molar-refractivity contribution in [3.63, 3.8) is 0 Å². The minimum absolute atomic E-state index is 0.246. The average Bonchev–Trinajstić information content (AvgIpc) is 2.87. The van der Waals surface area contributed by atoms with Gasteiger partial charge in [0, 0.05) is 4.90 Å². The van der Waals surface area contributed by atoms with E-state index in [0.29, 0.717) is 29.2 Å². The molecule has 1 aromatic carbocycles. The summed E-state index contributed by atoms with van der Waals surface area (Å²) in [6.07, 6.45) is 0.125. The first kappa shape index (κ1) is 14.0. The molecule has 5 nitrogen and oxygen atoms in total. The largest absolute Gasteiger partial charge is 0.497 e. The monoisotopic (exact) mass is 284 g/mol. The van der Waals surface area contributed by atoms with Gasteiger partial charge in [0.2, 0.25) is 0 Å². The van der Waals surface area contributed by atoms with Gasteiger partial charge in [-0.15, -0.1) is 0 Å². The van der Waals surface area contributed by atoms with E-state index in [9.17, 15) is 9.00 Å². The van der Waals surface area contributed by atoms with E-state index in [-0.39, 0.29) is 6.10 Å². The van der Waals surface area contributed by atoms with Crippen LogP contribution in [0.2, 0.25) is 0 Å². The average molecular weight is 284 g/mol.